The molecule has 0 bridgehead atoms. The van der Waals surface area contributed by atoms with Gasteiger partial charge in [-0.1, -0.05) is 41.7 Å². The number of anilines is 2. The molecule has 166 valence electrons. The molecule has 5 aromatic rings. The fourth-order valence-electron chi connectivity index (χ4n) is 3.86. The molecule has 0 atom stereocenters. The fraction of sp³-hybridized carbons (Fsp3) is 0.0870. The highest BCUT2D eigenvalue weighted by atomic mass is 32.1. The third kappa shape index (κ3) is 3.39. The summed E-state index contributed by atoms with van der Waals surface area (Å²) in [6, 6.07) is 16.6. The summed E-state index contributed by atoms with van der Waals surface area (Å²) >= 11 is 1.34. The zero-order valence-corrected chi connectivity index (χ0v) is 18.4. The van der Waals surface area contributed by atoms with Crippen LogP contribution in [0.25, 0.3) is 16.7 Å². The van der Waals surface area contributed by atoms with Crippen LogP contribution in [0.2, 0.25) is 0 Å². The lowest BCUT2D eigenvalue weighted by atomic mass is 10.1. The van der Waals surface area contributed by atoms with E-state index in [0.29, 0.717) is 39.2 Å². The molecular weight excluding hydrogens is 452 g/mol. The van der Waals surface area contributed by atoms with Crippen LogP contribution in [0.5, 0.6) is 0 Å². The summed E-state index contributed by atoms with van der Waals surface area (Å²) in [7, 11) is 0. The van der Waals surface area contributed by atoms with E-state index in [9.17, 15) is 9.59 Å². The van der Waals surface area contributed by atoms with Crippen LogP contribution in [0.4, 0.5) is 10.9 Å². The van der Waals surface area contributed by atoms with Crippen molar-refractivity contribution >= 4 is 45.1 Å². The van der Waals surface area contributed by atoms with Crippen LogP contribution in [0.3, 0.4) is 0 Å². The lowest BCUT2D eigenvalue weighted by molar-refractivity contribution is 0.0656. The van der Waals surface area contributed by atoms with Gasteiger partial charge in [-0.15, -0.1) is 10.2 Å². The summed E-state index contributed by atoms with van der Waals surface area (Å²) in [6.07, 6.45) is 3.58. The van der Waals surface area contributed by atoms with Crippen LogP contribution in [-0.2, 0) is 6.42 Å². The maximum absolute atomic E-state index is 12.5. The molecule has 1 aliphatic heterocycles. The van der Waals surface area contributed by atoms with Crippen molar-refractivity contribution in [3.8, 4) is 5.69 Å². The van der Waals surface area contributed by atoms with Gasteiger partial charge in [0, 0.05) is 13.0 Å². The Bertz CT molecular complexity index is 1510. The average Bonchev–Trinajstić information content (AvgIpc) is 3.57. The van der Waals surface area contributed by atoms with Gasteiger partial charge in [0.25, 0.3) is 11.8 Å². The van der Waals surface area contributed by atoms with E-state index < -0.39 is 0 Å². The van der Waals surface area contributed by atoms with Gasteiger partial charge in [-0.25, -0.2) is 14.6 Å². The molecule has 2 amide bonds. The monoisotopic (exact) mass is 468 g/mol. The molecule has 6 rings (SSSR count). The molecule has 0 radical (unpaired) electrons. The van der Waals surface area contributed by atoms with Gasteiger partial charge in [0.1, 0.15) is 17.2 Å². The standard InChI is InChI=1S/C23H16N8O2S/c32-21-15-8-4-5-9-16(15)22(33)30(21)11-10-18-28-29-23(34-18)27-19-17-12-26-31(20(17)25-13-24-19)14-6-2-1-3-7-14/h1-9,12-13H,10-11H2,(H,24,25,27,29). The summed E-state index contributed by atoms with van der Waals surface area (Å²) < 4.78 is 1.75. The van der Waals surface area contributed by atoms with Gasteiger partial charge in [-0.2, -0.15) is 5.10 Å². The van der Waals surface area contributed by atoms with Crippen molar-refractivity contribution in [2.75, 3.05) is 11.9 Å². The topological polar surface area (TPSA) is 119 Å². The maximum atomic E-state index is 12.5. The smallest absolute Gasteiger partial charge is 0.261 e. The number of para-hydroxylation sites is 1. The molecule has 0 aliphatic carbocycles. The number of carbonyl (C=O) groups excluding carboxylic acids is 2. The molecule has 34 heavy (non-hydrogen) atoms. The summed E-state index contributed by atoms with van der Waals surface area (Å²) in [4.78, 5) is 35.1. The van der Waals surface area contributed by atoms with E-state index in [4.69, 9.17) is 0 Å². The Morgan fingerprint density at radius 3 is 2.38 bits per heavy atom. The molecule has 0 saturated heterocycles. The Morgan fingerprint density at radius 1 is 0.882 bits per heavy atom. The van der Waals surface area contributed by atoms with Crippen LogP contribution in [0.1, 0.15) is 25.7 Å². The van der Waals surface area contributed by atoms with Crippen molar-refractivity contribution in [3.63, 3.8) is 0 Å². The third-order valence-corrected chi connectivity index (χ3v) is 6.38. The summed E-state index contributed by atoms with van der Waals surface area (Å²) in [6.45, 7) is 0.239. The lowest BCUT2D eigenvalue weighted by Gasteiger charge is -2.12. The number of nitrogens with zero attached hydrogens (tertiary/aromatic N) is 7. The molecule has 0 fully saturated rings. The number of imide groups is 1. The van der Waals surface area contributed by atoms with Crippen molar-refractivity contribution in [3.05, 3.63) is 83.3 Å². The first-order chi connectivity index (χ1) is 16.7. The molecule has 1 aliphatic rings. The highest BCUT2D eigenvalue weighted by Gasteiger charge is 2.34. The summed E-state index contributed by atoms with van der Waals surface area (Å²) in [5.74, 6) is 0.0137. The Balaban J connectivity index is 1.18. The molecule has 11 heteroatoms. The largest absolute Gasteiger partial charge is 0.314 e. The number of amides is 2. The van der Waals surface area contributed by atoms with E-state index in [0.717, 1.165) is 11.1 Å². The second kappa shape index (κ2) is 8.12. The highest BCUT2D eigenvalue weighted by Crippen LogP contribution is 2.27. The second-order valence-electron chi connectivity index (χ2n) is 7.53. The lowest BCUT2D eigenvalue weighted by Crippen LogP contribution is -2.31. The van der Waals surface area contributed by atoms with Crippen molar-refractivity contribution in [1.29, 1.82) is 0 Å². The average molecular weight is 469 g/mol. The Morgan fingerprint density at radius 2 is 1.62 bits per heavy atom. The molecule has 0 unspecified atom stereocenters. The predicted molar refractivity (Wildman–Crippen MR) is 125 cm³/mol. The molecule has 1 N–H and O–H groups in total. The normalized spacial score (nSPS) is 13.0. The Labute approximate surface area is 196 Å². The van der Waals surface area contributed by atoms with E-state index in [1.807, 2.05) is 30.3 Å². The van der Waals surface area contributed by atoms with Gasteiger partial charge in [0.2, 0.25) is 5.13 Å². The zero-order chi connectivity index (χ0) is 23.1. The number of hydrogen-bond acceptors (Lipinski definition) is 9. The summed E-state index contributed by atoms with van der Waals surface area (Å²) in [5.41, 5.74) is 2.44. The van der Waals surface area contributed by atoms with Crippen molar-refractivity contribution in [2.45, 2.75) is 6.42 Å². The van der Waals surface area contributed by atoms with Gasteiger partial charge in [-0.05, 0) is 24.3 Å². The summed E-state index contributed by atoms with van der Waals surface area (Å²) in [5, 5.41) is 18.0. The van der Waals surface area contributed by atoms with Gasteiger partial charge in [0.05, 0.1) is 28.4 Å². The van der Waals surface area contributed by atoms with Gasteiger partial charge >= 0.3 is 0 Å². The first-order valence-electron chi connectivity index (χ1n) is 10.5. The number of hydrogen-bond donors (Lipinski definition) is 1. The minimum atomic E-state index is -0.276. The molecule has 4 heterocycles. The maximum Gasteiger partial charge on any atom is 0.261 e. The molecule has 10 nitrogen and oxygen atoms in total. The van der Waals surface area contributed by atoms with Crippen LogP contribution in [0, 0.1) is 0 Å². The minimum absolute atomic E-state index is 0.239. The quantitative estimate of drug-likeness (QED) is 0.377. The molecular formula is C23H16N8O2S. The first kappa shape index (κ1) is 20.1. The Kier molecular flexibility index (Phi) is 4.81. The van der Waals surface area contributed by atoms with Crippen molar-refractivity contribution in [2.24, 2.45) is 0 Å². The number of benzene rings is 2. The Hall–Kier alpha value is -4.51. The van der Waals surface area contributed by atoms with Gasteiger partial charge in [-0.3, -0.25) is 14.5 Å². The van der Waals surface area contributed by atoms with Crippen molar-refractivity contribution < 1.29 is 9.59 Å². The van der Waals surface area contributed by atoms with Gasteiger partial charge < -0.3 is 5.32 Å². The molecule has 0 saturated carbocycles. The number of rotatable bonds is 6. The van der Waals surface area contributed by atoms with E-state index in [1.54, 1.807) is 35.1 Å². The highest BCUT2D eigenvalue weighted by molar-refractivity contribution is 7.15. The number of nitrogens with one attached hydrogen (secondary N) is 1. The SMILES string of the molecule is O=C1c2ccccc2C(=O)N1CCc1nnc(Nc2ncnc3c2cnn3-c2ccccc2)s1. The predicted octanol–water partition coefficient (Wildman–Crippen LogP) is 3.25. The van der Waals surface area contributed by atoms with Crippen LogP contribution >= 0.6 is 11.3 Å². The second-order valence-corrected chi connectivity index (χ2v) is 8.60. The number of aromatic nitrogens is 6. The van der Waals surface area contributed by atoms with Gasteiger partial charge in [0.15, 0.2) is 5.65 Å². The minimum Gasteiger partial charge on any atom is -0.314 e. The molecule has 2 aromatic carbocycles. The van der Waals surface area contributed by atoms with Crippen molar-refractivity contribution in [1.82, 2.24) is 34.8 Å². The van der Waals surface area contributed by atoms with Crippen LogP contribution < -0.4 is 5.32 Å². The first-order valence-corrected chi connectivity index (χ1v) is 11.3. The van der Waals surface area contributed by atoms with E-state index in [1.165, 1.54) is 22.6 Å². The van der Waals surface area contributed by atoms with Crippen LogP contribution in [0.15, 0.2) is 67.1 Å². The molecule has 3 aromatic heterocycles. The van der Waals surface area contributed by atoms with E-state index in [-0.39, 0.29) is 18.4 Å². The zero-order valence-electron chi connectivity index (χ0n) is 17.6. The van der Waals surface area contributed by atoms with E-state index in [2.05, 4.69) is 30.6 Å². The van der Waals surface area contributed by atoms with Crippen LogP contribution in [-0.4, -0.2) is 53.2 Å². The third-order valence-electron chi connectivity index (χ3n) is 5.49. The number of carbonyl (C=O) groups is 2. The fourth-order valence-corrected chi connectivity index (χ4v) is 4.59. The molecule has 0 spiro atoms. The number of fused-ring (bicyclic) bond motifs is 2. The van der Waals surface area contributed by atoms with E-state index >= 15 is 0 Å².